The monoisotopic (exact) mass is 726 g/mol. The number of furan rings is 1. The van der Waals surface area contributed by atoms with Gasteiger partial charge >= 0.3 is 0 Å². The van der Waals surface area contributed by atoms with Gasteiger partial charge < -0.3 is 13.9 Å². The molecule has 2 aromatic heterocycles. The topological polar surface area (TPSA) is 21.3 Å². The molecule has 0 saturated heterocycles. The standard InChI is InChI=1S/C54H34N2O/c1-2-12-35(13-3-1)40-18-10-19-41(32-40)56-49-23-11-22-48(53(49)46-29-25-38-16-7-9-21-45(38)54(46)56)55(42-27-24-36-14-4-5-17-39(36)33-42)43-28-31-50-47(34-43)52-44-20-8-6-15-37(44)26-30-51(52)57-50/h1-34H. The predicted molar refractivity (Wildman–Crippen MR) is 241 cm³/mol. The Kier molecular flexibility index (Phi) is 6.93. The number of aromatic nitrogens is 1. The summed E-state index contributed by atoms with van der Waals surface area (Å²) >= 11 is 0. The summed E-state index contributed by atoms with van der Waals surface area (Å²) in [6.45, 7) is 0. The first-order valence-corrected chi connectivity index (χ1v) is 19.5. The van der Waals surface area contributed by atoms with E-state index in [1.54, 1.807) is 0 Å². The molecular formula is C54H34N2O. The molecule has 0 radical (unpaired) electrons. The minimum Gasteiger partial charge on any atom is -0.456 e. The first-order chi connectivity index (χ1) is 28.3. The van der Waals surface area contributed by atoms with Gasteiger partial charge in [0.15, 0.2) is 0 Å². The predicted octanol–water partition coefficient (Wildman–Crippen LogP) is 15.3. The van der Waals surface area contributed by atoms with Crippen molar-refractivity contribution in [1.29, 1.82) is 0 Å². The van der Waals surface area contributed by atoms with Gasteiger partial charge in [-0.1, -0.05) is 146 Å². The van der Waals surface area contributed by atoms with Crippen LogP contribution in [0.4, 0.5) is 17.1 Å². The zero-order chi connectivity index (χ0) is 37.5. The quantitative estimate of drug-likeness (QED) is 0.176. The summed E-state index contributed by atoms with van der Waals surface area (Å²) in [7, 11) is 0. The van der Waals surface area contributed by atoms with Gasteiger partial charge in [-0.3, -0.25) is 0 Å². The minimum absolute atomic E-state index is 0.878. The lowest BCUT2D eigenvalue weighted by molar-refractivity contribution is 0.669. The highest BCUT2D eigenvalue weighted by Gasteiger charge is 2.24. The molecule has 12 aromatic rings. The molecule has 57 heavy (non-hydrogen) atoms. The maximum Gasteiger partial charge on any atom is 0.136 e. The molecule has 10 aromatic carbocycles. The van der Waals surface area contributed by atoms with Crippen LogP contribution in [0.1, 0.15) is 0 Å². The molecule has 0 aliphatic rings. The molecule has 0 atom stereocenters. The number of hydrogen-bond acceptors (Lipinski definition) is 2. The van der Waals surface area contributed by atoms with E-state index in [2.05, 4.69) is 216 Å². The van der Waals surface area contributed by atoms with Crippen molar-refractivity contribution in [1.82, 2.24) is 4.57 Å². The molecule has 0 amide bonds. The fourth-order valence-corrected chi connectivity index (χ4v) is 9.14. The van der Waals surface area contributed by atoms with Gasteiger partial charge in [0.2, 0.25) is 0 Å². The Labute approximate surface area is 328 Å². The molecule has 0 bridgehead atoms. The van der Waals surface area contributed by atoms with Crippen molar-refractivity contribution in [3.05, 3.63) is 206 Å². The Hall–Kier alpha value is -7.62. The molecular weight excluding hydrogens is 693 g/mol. The van der Waals surface area contributed by atoms with Crippen LogP contribution in [0.3, 0.4) is 0 Å². The summed E-state index contributed by atoms with van der Waals surface area (Å²) < 4.78 is 8.98. The molecule has 0 unspecified atom stereocenters. The zero-order valence-electron chi connectivity index (χ0n) is 30.9. The van der Waals surface area contributed by atoms with Gasteiger partial charge in [0, 0.05) is 44.0 Å². The van der Waals surface area contributed by atoms with E-state index >= 15 is 0 Å². The maximum absolute atomic E-state index is 6.51. The van der Waals surface area contributed by atoms with Crippen LogP contribution in [0.25, 0.3) is 92.9 Å². The molecule has 12 rings (SSSR count). The highest BCUT2D eigenvalue weighted by molar-refractivity contribution is 6.24. The Morgan fingerprint density at radius 1 is 0.368 bits per heavy atom. The van der Waals surface area contributed by atoms with Gasteiger partial charge in [-0.05, 0) is 98.7 Å². The third kappa shape index (κ3) is 4.92. The lowest BCUT2D eigenvalue weighted by atomic mass is 10.0. The van der Waals surface area contributed by atoms with Crippen LogP contribution in [-0.2, 0) is 0 Å². The first kappa shape index (κ1) is 31.7. The van der Waals surface area contributed by atoms with E-state index < -0.39 is 0 Å². The molecule has 3 nitrogen and oxygen atoms in total. The molecule has 2 heterocycles. The van der Waals surface area contributed by atoms with Crippen molar-refractivity contribution >= 4 is 93.1 Å². The van der Waals surface area contributed by atoms with Crippen LogP contribution in [0, 0.1) is 0 Å². The number of rotatable bonds is 5. The second-order valence-corrected chi connectivity index (χ2v) is 14.9. The van der Waals surface area contributed by atoms with Gasteiger partial charge in [-0.25, -0.2) is 0 Å². The molecule has 0 spiro atoms. The second-order valence-electron chi connectivity index (χ2n) is 14.9. The third-order valence-electron chi connectivity index (χ3n) is 11.7. The number of anilines is 3. The van der Waals surface area contributed by atoms with Crippen LogP contribution in [-0.4, -0.2) is 4.57 Å². The Balaban J connectivity index is 1.18. The minimum atomic E-state index is 0.878. The maximum atomic E-state index is 6.51. The van der Waals surface area contributed by atoms with E-state index in [4.69, 9.17) is 4.42 Å². The van der Waals surface area contributed by atoms with Gasteiger partial charge in [-0.2, -0.15) is 0 Å². The third-order valence-corrected chi connectivity index (χ3v) is 11.7. The van der Waals surface area contributed by atoms with Crippen molar-refractivity contribution in [2.45, 2.75) is 0 Å². The van der Waals surface area contributed by atoms with Crippen molar-refractivity contribution in [3.8, 4) is 16.8 Å². The smallest absolute Gasteiger partial charge is 0.136 e. The Morgan fingerprint density at radius 2 is 1.02 bits per heavy atom. The van der Waals surface area contributed by atoms with Crippen molar-refractivity contribution < 1.29 is 4.42 Å². The fraction of sp³-hybridized carbons (Fsp3) is 0. The SMILES string of the molecule is c1ccc(-c2cccc(-n3c4cccc(N(c5ccc6ccccc6c5)c5ccc6oc7ccc8ccccc8c7c6c5)c4c4ccc5ccccc5c43)c2)cc1. The van der Waals surface area contributed by atoms with Gasteiger partial charge in [0.25, 0.3) is 0 Å². The van der Waals surface area contributed by atoms with Gasteiger partial charge in [-0.15, -0.1) is 0 Å². The van der Waals surface area contributed by atoms with Crippen LogP contribution < -0.4 is 4.90 Å². The summed E-state index contributed by atoms with van der Waals surface area (Å²) in [4.78, 5) is 2.44. The Morgan fingerprint density at radius 3 is 1.89 bits per heavy atom. The summed E-state index contributed by atoms with van der Waals surface area (Å²) in [5.74, 6) is 0. The van der Waals surface area contributed by atoms with Gasteiger partial charge in [0.1, 0.15) is 11.2 Å². The summed E-state index contributed by atoms with van der Waals surface area (Å²) in [5.41, 5.74) is 10.9. The molecule has 0 aliphatic carbocycles. The van der Waals surface area contributed by atoms with E-state index in [1.807, 2.05) is 0 Å². The van der Waals surface area contributed by atoms with Crippen molar-refractivity contribution in [2.24, 2.45) is 0 Å². The van der Waals surface area contributed by atoms with Gasteiger partial charge in [0.05, 0.1) is 16.7 Å². The van der Waals surface area contributed by atoms with E-state index in [0.29, 0.717) is 0 Å². The second kappa shape index (κ2) is 12.5. The van der Waals surface area contributed by atoms with Crippen molar-refractivity contribution in [2.75, 3.05) is 4.90 Å². The van der Waals surface area contributed by atoms with Crippen molar-refractivity contribution in [3.63, 3.8) is 0 Å². The van der Waals surface area contributed by atoms with Crippen LogP contribution in [0.5, 0.6) is 0 Å². The summed E-state index contributed by atoms with van der Waals surface area (Å²) in [6.07, 6.45) is 0. The summed E-state index contributed by atoms with van der Waals surface area (Å²) in [5, 5.41) is 11.9. The molecule has 266 valence electrons. The molecule has 0 fully saturated rings. The number of benzene rings is 10. The molecule has 3 heteroatoms. The fourth-order valence-electron chi connectivity index (χ4n) is 9.14. The number of nitrogens with zero attached hydrogens (tertiary/aromatic N) is 2. The average Bonchev–Trinajstić information content (AvgIpc) is 3.83. The van der Waals surface area contributed by atoms with E-state index in [-0.39, 0.29) is 0 Å². The molecule has 0 N–H and O–H groups in total. The lowest BCUT2D eigenvalue weighted by Crippen LogP contribution is -2.10. The highest BCUT2D eigenvalue weighted by atomic mass is 16.3. The molecule has 0 aliphatic heterocycles. The number of fused-ring (bicyclic) bond motifs is 11. The first-order valence-electron chi connectivity index (χ1n) is 19.5. The number of hydrogen-bond donors (Lipinski definition) is 0. The Bertz CT molecular complexity index is 3540. The average molecular weight is 727 g/mol. The normalized spacial score (nSPS) is 11.9. The largest absolute Gasteiger partial charge is 0.456 e. The molecule has 0 saturated carbocycles. The zero-order valence-corrected chi connectivity index (χ0v) is 30.9. The van der Waals surface area contributed by atoms with Crippen LogP contribution >= 0.6 is 0 Å². The van der Waals surface area contributed by atoms with E-state index in [1.165, 1.54) is 59.7 Å². The van der Waals surface area contributed by atoms with E-state index in [9.17, 15) is 0 Å². The van der Waals surface area contributed by atoms with Crippen LogP contribution in [0.15, 0.2) is 211 Å². The van der Waals surface area contributed by atoms with E-state index in [0.717, 1.165) is 50.2 Å². The lowest BCUT2D eigenvalue weighted by Gasteiger charge is -2.27. The summed E-state index contributed by atoms with van der Waals surface area (Å²) in [6, 6.07) is 74.7. The van der Waals surface area contributed by atoms with Crippen LogP contribution in [0.2, 0.25) is 0 Å². The highest BCUT2D eigenvalue weighted by Crippen LogP contribution is 2.47.